The number of halogens is 3. The second-order valence-corrected chi connectivity index (χ2v) is 11.4. The fraction of sp³-hybridized carbons (Fsp3) is 0.310. The lowest BCUT2D eigenvalue weighted by Crippen LogP contribution is -2.10. The summed E-state index contributed by atoms with van der Waals surface area (Å²) in [5.41, 5.74) is 5.09. The molecule has 0 amide bonds. The Labute approximate surface area is 208 Å². The maximum absolute atomic E-state index is 13.0. The average molecular weight is 491 g/mol. The molecule has 0 saturated heterocycles. The van der Waals surface area contributed by atoms with E-state index in [1.54, 1.807) is 12.3 Å². The normalized spacial score (nSPS) is 13.1. The first-order valence-corrected chi connectivity index (χ1v) is 11.9. The highest BCUT2D eigenvalue weighted by Gasteiger charge is 2.33. The number of hydrogen-bond donors (Lipinski definition) is 1. The van der Waals surface area contributed by atoms with Crippen molar-refractivity contribution in [2.45, 2.75) is 58.5 Å². The van der Waals surface area contributed by atoms with Crippen LogP contribution in [0.3, 0.4) is 0 Å². The van der Waals surface area contributed by atoms with Gasteiger partial charge in [0.2, 0.25) is 0 Å². The minimum atomic E-state index is -4.48. The van der Waals surface area contributed by atoms with Crippen LogP contribution in [0.4, 0.5) is 13.2 Å². The minimum Gasteiger partial charge on any atom is -0.308 e. The summed E-state index contributed by atoms with van der Waals surface area (Å²) in [5, 5.41) is 8.17. The van der Waals surface area contributed by atoms with E-state index in [-0.39, 0.29) is 16.5 Å². The van der Waals surface area contributed by atoms with Crippen molar-refractivity contribution in [2.75, 3.05) is 0 Å². The number of alkyl halides is 3. The number of pyridine rings is 1. The lowest BCUT2D eigenvalue weighted by atomic mass is 9.85. The van der Waals surface area contributed by atoms with Crippen molar-refractivity contribution in [1.29, 1.82) is 0 Å². The molecule has 0 atom stereocenters. The van der Waals surface area contributed by atoms with Gasteiger partial charge in [0, 0.05) is 10.8 Å². The SMILES string of the molecule is CC(C)(C)c1ccc2c(c1)c1cc(C(C)(C)C)ccc1n2-c1ccc(-c2cc(C(F)(F)F)[nH]n2)nc1. The van der Waals surface area contributed by atoms with Gasteiger partial charge in [0.1, 0.15) is 11.4 Å². The highest BCUT2D eigenvalue weighted by Crippen LogP contribution is 2.37. The van der Waals surface area contributed by atoms with Gasteiger partial charge in [-0.25, -0.2) is 0 Å². The molecule has 0 unspecified atom stereocenters. The molecule has 0 radical (unpaired) electrons. The van der Waals surface area contributed by atoms with Gasteiger partial charge < -0.3 is 4.57 Å². The van der Waals surface area contributed by atoms with E-state index in [2.05, 4.69) is 92.6 Å². The molecule has 0 aliphatic rings. The molecular weight excluding hydrogens is 461 g/mol. The van der Waals surface area contributed by atoms with E-state index in [9.17, 15) is 13.2 Å². The van der Waals surface area contributed by atoms with Crippen molar-refractivity contribution in [3.05, 3.63) is 77.6 Å². The molecule has 0 saturated carbocycles. The van der Waals surface area contributed by atoms with Gasteiger partial charge in [0.15, 0.2) is 0 Å². The molecule has 1 N–H and O–H groups in total. The Kier molecular flexibility index (Phi) is 5.32. The highest BCUT2D eigenvalue weighted by atomic mass is 19.4. The van der Waals surface area contributed by atoms with Gasteiger partial charge in [-0.2, -0.15) is 18.3 Å². The number of fused-ring (bicyclic) bond motifs is 3. The van der Waals surface area contributed by atoms with Crippen molar-refractivity contribution >= 4 is 21.8 Å². The zero-order valence-electron chi connectivity index (χ0n) is 21.2. The van der Waals surface area contributed by atoms with Gasteiger partial charge in [-0.05, 0) is 64.4 Å². The molecular formula is C29H29F3N4. The number of H-pyrrole nitrogens is 1. The van der Waals surface area contributed by atoms with Gasteiger partial charge in [-0.15, -0.1) is 0 Å². The maximum Gasteiger partial charge on any atom is 0.432 e. The van der Waals surface area contributed by atoms with E-state index in [4.69, 9.17) is 0 Å². The Morgan fingerprint density at radius 2 is 1.25 bits per heavy atom. The van der Waals surface area contributed by atoms with Gasteiger partial charge in [0.25, 0.3) is 0 Å². The first kappa shape index (κ1) is 24.1. The van der Waals surface area contributed by atoms with Gasteiger partial charge in [-0.3, -0.25) is 10.1 Å². The van der Waals surface area contributed by atoms with Crippen molar-refractivity contribution < 1.29 is 13.2 Å². The molecule has 0 spiro atoms. The standard InChI is InChI=1S/C29H29F3N4/c1-27(2,3)17-7-11-24-20(13-17)21-14-18(28(4,5)6)8-12-25(21)36(24)19-9-10-22(33-16-19)23-15-26(35-34-23)29(30,31)32/h7-16H,1-6H3,(H,34,35). The van der Waals surface area contributed by atoms with Crippen LogP contribution in [0.15, 0.2) is 60.8 Å². The Morgan fingerprint density at radius 3 is 1.67 bits per heavy atom. The van der Waals surface area contributed by atoms with Crippen LogP contribution in [-0.4, -0.2) is 19.7 Å². The fourth-order valence-corrected chi connectivity index (χ4v) is 4.50. The molecule has 0 aliphatic heterocycles. The topological polar surface area (TPSA) is 46.5 Å². The Bertz CT molecular complexity index is 1500. The van der Waals surface area contributed by atoms with Gasteiger partial charge in [-0.1, -0.05) is 53.7 Å². The Morgan fingerprint density at radius 1 is 0.694 bits per heavy atom. The van der Waals surface area contributed by atoms with E-state index < -0.39 is 11.9 Å². The lowest BCUT2D eigenvalue weighted by molar-refractivity contribution is -0.141. The molecule has 186 valence electrons. The summed E-state index contributed by atoms with van der Waals surface area (Å²) in [6.07, 6.45) is -2.79. The number of aromatic nitrogens is 4. The number of nitrogens with zero attached hydrogens (tertiary/aromatic N) is 3. The predicted molar refractivity (Wildman–Crippen MR) is 139 cm³/mol. The van der Waals surface area contributed by atoms with Crippen LogP contribution >= 0.6 is 0 Å². The quantitative estimate of drug-likeness (QED) is 0.271. The van der Waals surface area contributed by atoms with E-state index >= 15 is 0 Å². The van der Waals surface area contributed by atoms with Crippen LogP contribution in [0.25, 0.3) is 38.9 Å². The summed E-state index contributed by atoms with van der Waals surface area (Å²) in [6, 6.07) is 17.7. The molecule has 2 aromatic carbocycles. The summed E-state index contributed by atoms with van der Waals surface area (Å²) in [4.78, 5) is 4.46. The Hall–Kier alpha value is -3.61. The third-order valence-corrected chi connectivity index (χ3v) is 6.65. The monoisotopic (exact) mass is 490 g/mol. The van der Waals surface area contributed by atoms with Crippen LogP contribution in [0, 0.1) is 0 Å². The van der Waals surface area contributed by atoms with Crippen molar-refractivity contribution in [3.8, 4) is 17.1 Å². The van der Waals surface area contributed by atoms with Crippen molar-refractivity contribution in [3.63, 3.8) is 0 Å². The summed E-state index contributed by atoms with van der Waals surface area (Å²) < 4.78 is 41.1. The smallest absolute Gasteiger partial charge is 0.308 e. The van der Waals surface area contributed by atoms with Crippen molar-refractivity contribution in [1.82, 2.24) is 19.7 Å². The molecule has 36 heavy (non-hydrogen) atoms. The van der Waals surface area contributed by atoms with Gasteiger partial charge in [0.05, 0.1) is 28.6 Å². The van der Waals surface area contributed by atoms with Crippen LogP contribution in [0.5, 0.6) is 0 Å². The number of aromatic amines is 1. The first-order chi connectivity index (χ1) is 16.7. The molecule has 5 rings (SSSR count). The summed E-state index contributed by atoms with van der Waals surface area (Å²) in [5.74, 6) is 0. The number of hydrogen-bond acceptors (Lipinski definition) is 2. The molecule has 7 heteroatoms. The molecule has 3 heterocycles. The lowest BCUT2D eigenvalue weighted by Gasteiger charge is -2.19. The third kappa shape index (κ3) is 4.16. The fourth-order valence-electron chi connectivity index (χ4n) is 4.50. The highest BCUT2D eigenvalue weighted by molar-refractivity contribution is 6.09. The molecule has 0 aliphatic carbocycles. The molecule has 4 nitrogen and oxygen atoms in total. The van der Waals surface area contributed by atoms with Crippen molar-refractivity contribution in [2.24, 2.45) is 0 Å². The summed E-state index contributed by atoms with van der Waals surface area (Å²) in [7, 11) is 0. The van der Waals surface area contributed by atoms with E-state index in [1.807, 2.05) is 11.2 Å². The minimum absolute atomic E-state index is 0.00623. The number of benzene rings is 2. The second kappa shape index (κ2) is 7.95. The number of nitrogens with one attached hydrogen (secondary N) is 1. The zero-order chi connectivity index (χ0) is 26.0. The molecule has 0 fully saturated rings. The largest absolute Gasteiger partial charge is 0.432 e. The van der Waals surface area contributed by atoms with Crippen LogP contribution in [-0.2, 0) is 17.0 Å². The van der Waals surface area contributed by atoms with E-state index in [1.165, 1.54) is 11.1 Å². The molecule has 0 bridgehead atoms. The maximum atomic E-state index is 13.0. The molecule has 3 aromatic heterocycles. The van der Waals surface area contributed by atoms with Crippen LogP contribution in [0.2, 0.25) is 0 Å². The number of rotatable bonds is 2. The predicted octanol–water partition coefficient (Wildman–Crippen LogP) is 8.18. The first-order valence-electron chi connectivity index (χ1n) is 11.9. The average Bonchev–Trinajstić information content (AvgIpc) is 3.41. The Balaban J connectivity index is 1.68. The van der Waals surface area contributed by atoms with Crippen LogP contribution < -0.4 is 0 Å². The second-order valence-electron chi connectivity index (χ2n) is 11.4. The van der Waals surface area contributed by atoms with Crippen LogP contribution in [0.1, 0.15) is 58.4 Å². The van der Waals surface area contributed by atoms with E-state index in [0.717, 1.165) is 33.6 Å². The zero-order valence-corrected chi connectivity index (χ0v) is 21.2. The van der Waals surface area contributed by atoms with E-state index in [0.29, 0.717) is 5.69 Å². The van der Waals surface area contributed by atoms with Gasteiger partial charge >= 0.3 is 6.18 Å². The summed E-state index contributed by atoms with van der Waals surface area (Å²) >= 11 is 0. The molecule has 5 aromatic rings. The summed E-state index contributed by atoms with van der Waals surface area (Å²) in [6.45, 7) is 13.2. The third-order valence-electron chi connectivity index (χ3n) is 6.65.